The van der Waals surface area contributed by atoms with Crippen molar-refractivity contribution < 1.29 is 22.3 Å². The van der Waals surface area contributed by atoms with Crippen LogP contribution >= 0.6 is 11.3 Å². The first kappa shape index (κ1) is 29.9. The zero-order chi connectivity index (χ0) is 31.0. The lowest BCUT2D eigenvalue weighted by molar-refractivity contribution is 0.0520. The highest BCUT2D eigenvalue weighted by atomic mass is 32.2. The fraction of sp³-hybridized carbons (Fsp3) is 0.265. The highest BCUT2D eigenvalue weighted by Crippen LogP contribution is 2.39. The maximum atomic E-state index is 15.0. The number of halogens is 1. The quantitative estimate of drug-likeness (QED) is 0.151. The number of thiazole rings is 1. The Hall–Kier alpha value is -4.15. The predicted octanol–water partition coefficient (Wildman–Crippen LogP) is 7.23. The van der Waals surface area contributed by atoms with Gasteiger partial charge in [0, 0.05) is 29.2 Å². The van der Waals surface area contributed by atoms with Crippen molar-refractivity contribution in [2.45, 2.75) is 44.4 Å². The fourth-order valence-corrected chi connectivity index (χ4v) is 6.77. The predicted molar refractivity (Wildman–Crippen MR) is 170 cm³/mol. The molecule has 10 heteroatoms. The van der Waals surface area contributed by atoms with E-state index in [1.165, 1.54) is 29.0 Å². The number of benzene rings is 3. The second-order valence-electron chi connectivity index (χ2n) is 11.2. The Labute approximate surface area is 260 Å². The highest BCUT2D eigenvalue weighted by molar-refractivity contribution is 7.90. The molecule has 2 aromatic heterocycles. The van der Waals surface area contributed by atoms with E-state index in [1.54, 1.807) is 18.4 Å². The Kier molecular flexibility index (Phi) is 8.22. The molecule has 0 aliphatic heterocycles. The third-order valence-corrected chi connectivity index (χ3v) is 9.67. The average Bonchev–Trinajstić information content (AvgIpc) is 3.55. The van der Waals surface area contributed by atoms with Crippen molar-refractivity contribution >= 4 is 27.1 Å². The van der Waals surface area contributed by atoms with Crippen molar-refractivity contribution in [3.63, 3.8) is 0 Å². The number of esters is 1. The van der Waals surface area contributed by atoms with Crippen molar-refractivity contribution in [1.82, 2.24) is 14.8 Å². The monoisotopic (exact) mass is 629 g/mol. The van der Waals surface area contributed by atoms with Crippen LogP contribution in [0.1, 0.15) is 52.6 Å². The Balaban J connectivity index is 1.51. The van der Waals surface area contributed by atoms with Gasteiger partial charge in [-0.05, 0) is 73.9 Å². The summed E-state index contributed by atoms with van der Waals surface area (Å²) in [4.78, 5) is 16.7. The van der Waals surface area contributed by atoms with Gasteiger partial charge in [-0.25, -0.2) is 27.3 Å². The minimum absolute atomic E-state index is 0.225. The van der Waals surface area contributed by atoms with E-state index in [4.69, 9.17) is 9.84 Å². The highest BCUT2D eigenvalue weighted by Gasteiger charge is 2.30. The third-order valence-electron chi connectivity index (χ3n) is 7.72. The summed E-state index contributed by atoms with van der Waals surface area (Å²) in [5.74, 6) is -0.772. The number of aromatic nitrogens is 3. The second-order valence-corrected chi connectivity index (χ2v) is 14.1. The van der Waals surface area contributed by atoms with Crippen molar-refractivity contribution in [2.24, 2.45) is 5.92 Å². The molecule has 1 aliphatic carbocycles. The number of ether oxygens (including phenoxy) is 1. The molecule has 6 rings (SSSR count). The van der Waals surface area contributed by atoms with Gasteiger partial charge in [-0.15, -0.1) is 11.3 Å². The normalized spacial score (nSPS) is 13.3. The minimum Gasteiger partial charge on any atom is -0.461 e. The van der Waals surface area contributed by atoms with E-state index < -0.39 is 21.6 Å². The lowest BCUT2D eigenvalue weighted by Crippen LogP contribution is -2.08. The average molecular weight is 630 g/mol. The van der Waals surface area contributed by atoms with E-state index in [2.05, 4.69) is 48.3 Å². The molecule has 44 heavy (non-hydrogen) atoms. The van der Waals surface area contributed by atoms with E-state index >= 15 is 4.39 Å². The first-order valence-corrected chi connectivity index (χ1v) is 17.3. The maximum Gasteiger partial charge on any atom is 0.357 e. The van der Waals surface area contributed by atoms with Crippen molar-refractivity contribution in [2.75, 3.05) is 12.9 Å². The smallest absolute Gasteiger partial charge is 0.357 e. The molecule has 0 unspecified atom stereocenters. The Morgan fingerprint density at radius 2 is 1.80 bits per heavy atom. The molecule has 3 aromatic carbocycles. The van der Waals surface area contributed by atoms with Crippen molar-refractivity contribution in [1.29, 1.82) is 0 Å². The van der Waals surface area contributed by atoms with E-state index in [0.717, 1.165) is 59.2 Å². The van der Waals surface area contributed by atoms with Gasteiger partial charge in [-0.3, -0.25) is 0 Å². The third kappa shape index (κ3) is 6.37. The molecule has 1 aliphatic rings. The van der Waals surface area contributed by atoms with Crippen LogP contribution in [0.15, 0.2) is 77.0 Å². The molecular formula is C34H32FN3O4S2. The molecule has 0 atom stereocenters. The van der Waals surface area contributed by atoms with E-state index in [1.807, 2.05) is 16.8 Å². The van der Waals surface area contributed by atoms with Gasteiger partial charge in [0.05, 0.1) is 18.0 Å². The molecule has 7 nitrogen and oxygen atoms in total. The maximum absolute atomic E-state index is 15.0. The van der Waals surface area contributed by atoms with Gasteiger partial charge in [0.25, 0.3) is 0 Å². The van der Waals surface area contributed by atoms with Gasteiger partial charge in [-0.2, -0.15) is 5.10 Å². The Morgan fingerprint density at radius 3 is 2.48 bits per heavy atom. The van der Waals surface area contributed by atoms with E-state index in [-0.39, 0.29) is 17.2 Å². The zero-order valence-electron chi connectivity index (χ0n) is 24.7. The van der Waals surface area contributed by atoms with Crippen LogP contribution in [-0.2, 0) is 27.4 Å². The Bertz CT molecular complexity index is 1960. The van der Waals surface area contributed by atoms with E-state index in [9.17, 15) is 13.2 Å². The summed E-state index contributed by atoms with van der Waals surface area (Å²) in [5.41, 5.74) is 7.63. The van der Waals surface area contributed by atoms with Gasteiger partial charge < -0.3 is 4.74 Å². The SMILES string of the molecule is CCOC(=O)c1csc(-n2nc(-c3cccc(-c4ccc(C)cc4)c3)c(Cc3ccc(S(C)(=O)=O)c(F)c3)c2CC2CC2)n1. The van der Waals surface area contributed by atoms with Gasteiger partial charge in [0.2, 0.25) is 5.13 Å². The summed E-state index contributed by atoms with van der Waals surface area (Å²) in [6.45, 7) is 4.06. The number of nitrogens with zero attached hydrogens (tertiary/aromatic N) is 3. The minimum atomic E-state index is -3.70. The molecule has 2 heterocycles. The van der Waals surface area contributed by atoms with E-state index in [0.29, 0.717) is 23.0 Å². The molecule has 0 amide bonds. The second kappa shape index (κ2) is 12.1. The standard InChI is InChI=1S/C34H32FN3O4S2/c1-4-42-33(39)29-20-43-34(36-29)38-30(18-22-10-11-22)27(16-23-12-15-31(28(35)17-23)44(3,40)41)32(37-38)26-7-5-6-25(19-26)24-13-8-21(2)9-14-24/h5-9,12-15,17,19-20,22H,4,10-11,16,18H2,1-3H3. The largest absolute Gasteiger partial charge is 0.461 e. The van der Waals surface area contributed by atoms with Crippen LogP contribution in [0, 0.1) is 18.7 Å². The zero-order valence-corrected chi connectivity index (χ0v) is 26.3. The lowest BCUT2D eigenvalue weighted by Gasteiger charge is -2.10. The van der Waals surface area contributed by atoms with Gasteiger partial charge in [0.1, 0.15) is 10.7 Å². The van der Waals surface area contributed by atoms with Crippen LogP contribution in [0.25, 0.3) is 27.5 Å². The molecule has 5 aromatic rings. The molecule has 0 radical (unpaired) electrons. The number of carbonyl (C=O) groups excluding carboxylic acids is 1. The molecule has 226 valence electrons. The lowest BCUT2D eigenvalue weighted by atomic mass is 9.95. The molecule has 0 bridgehead atoms. The van der Waals surface area contributed by atoms with Gasteiger partial charge in [-0.1, -0.05) is 54.1 Å². The van der Waals surface area contributed by atoms with Gasteiger partial charge >= 0.3 is 5.97 Å². The molecular weight excluding hydrogens is 598 g/mol. The summed E-state index contributed by atoms with van der Waals surface area (Å²) in [6.07, 6.45) is 4.29. The number of rotatable bonds is 10. The number of sulfone groups is 1. The molecule has 1 saturated carbocycles. The Morgan fingerprint density at radius 1 is 1.05 bits per heavy atom. The number of hydrogen-bond acceptors (Lipinski definition) is 7. The summed E-state index contributed by atoms with van der Waals surface area (Å²) in [7, 11) is -3.70. The number of carbonyl (C=O) groups is 1. The van der Waals surface area contributed by atoms with Crippen molar-refractivity contribution in [3.05, 3.63) is 106 Å². The molecule has 0 N–H and O–H groups in total. The molecule has 0 spiro atoms. The summed E-state index contributed by atoms with van der Waals surface area (Å²) in [5, 5.41) is 7.32. The molecule has 1 fully saturated rings. The van der Waals surface area contributed by atoms with Crippen LogP contribution in [0.4, 0.5) is 4.39 Å². The fourth-order valence-electron chi connectivity index (χ4n) is 5.28. The van der Waals surface area contributed by atoms with Crippen molar-refractivity contribution in [3.8, 4) is 27.5 Å². The van der Waals surface area contributed by atoms with Crippen LogP contribution in [0.5, 0.6) is 0 Å². The van der Waals surface area contributed by atoms with Crippen LogP contribution < -0.4 is 0 Å². The molecule has 0 saturated heterocycles. The summed E-state index contributed by atoms with van der Waals surface area (Å²) >= 11 is 1.31. The van der Waals surface area contributed by atoms with Gasteiger partial charge in [0.15, 0.2) is 15.5 Å². The first-order valence-electron chi connectivity index (χ1n) is 14.5. The summed E-state index contributed by atoms with van der Waals surface area (Å²) < 4.78 is 46.1. The van der Waals surface area contributed by atoms with Crippen LogP contribution in [0.2, 0.25) is 0 Å². The topological polar surface area (TPSA) is 91.2 Å². The number of hydrogen-bond donors (Lipinski definition) is 0. The first-order chi connectivity index (χ1) is 21.1. The van der Waals surface area contributed by atoms with Crippen LogP contribution in [0.3, 0.4) is 0 Å². The summed E-state index contributed by atoms with van der Waals surface area (Å²) in [6, 6.07) is 20.8. The number of aryl methyl sites for hydroxylation is 1. The van der Waals surface area contributed by atoms with Crippen LogP contribution in [-0.4, -0.2) is 42.0 Å².